The highest BCUT2D eigenvalue weighted by atomic mass is 35.5. The molecule has 0 heterocycles. The zero-order valence-corrected chi connectivity index (χ0v) is 7.49. The number of aromatic hydroxyl groups is 1. The Bertz CT molecular complexity index is 303. The van der Waals surface area contributed by atoms with Crippen molar-refractivity contribution >= 4 is 18.4 Å². The van der Waals surface area contributed by atoms with Crippen LogP contribution in [0.25, 0.3) is 0 Å². The molecule has 13 heavy (non-hydrogen) atoms. The Morgan fingerprint density at radius 3 is 2.38 bits per heavy atom. The molecule has 0 aliphatic carbocycles. The topological polar surface area (TPSA) is 83.6 Å². The number of hydrogen-bond donors (Lipinski definition) is 3. The number of carboxylic acids is 1. The monoisotopic (exact) mass is 203 g/mol. The molecule has 1 aromatic rings. The van der Waals surface area contributed by atoms with Gasteiger partial charge in [0.25, 0.3) is 0 Å². The van der Waals surface area contributed by atoms with Crippen molar-refractivity contribution in [3.8, 4) is 5.75 Å². The van der Waals surface area contributed by atoms with Gasteiger partial charge in [0.15, 0.2) is 0 Å². The summed E-state index contributed by atoms with van der Waals surface area (Å²) in [6.45, 7) is 0. The van der Waals surface area contributed by atoms with Gasteiger partial charge < -0.3 is 15.9 Å². The lowest BCUT2D eigenvalue weighted by Crippen LogP contribution is -2.20. The van der Waals surface area contributed by atoms with Crippen LogP contribution in [-0.2, 0) is 4.79 Å². The number of phenols is 1. The van der Waals surface area contributed by atoms with Crippen molar-refractivity contribution in [3.63, 3.8) is 0 Å². The summed E-state index contributed by atoms with van der Waals surface area (Å²) in [5, 5.41) is 17.7. The zero-order valence-electron chi connectivity index (χ0n) is 6.68. The number of phenolic OH excluding ortho intramolecular Hbond substituents is 1. The Morgan fingerprint density at radius 2 is 1.92 bits per heavy atom. The molecule has 0 aromatic heterocycles. The lowest BCUT2D eigenvalue weighted by molar-refractivity contribution is -0.138. The van der Waals surface area contributed by atoms with Crippen LogP contribution in [0.15, 0.2) is 24.3 Å². The zero-order chi connectivity index (χ0) is 9.14. The molecule has 0 aliphatic rings. The van der Waals surface area contributed by atoms with Gasteiger partial charge >= 0.3 is 5.97 Å². The molecule has 0 saturated heterocycles. The van der Waals surface area contributed by atoms with E-state index in [0.717, 1.165) is 0 Å². The standard InChI is InChI=1S/C8H9NO3.ClH/c9-7(8(11)12)5-3-1-2-4-6(5)10;/h1-4,7,10H,9H2,(H,11,12);1H. The van der Waals surface area contributed by atoms with Crippen molar-refractivity contribution in [2.24, 2.45) is 5.73 Å². The molecule has 4 N–H and O–H groups in total. The molecule has 4 nitrogen and oxygen atoms in total. The van der Waals surface area contributed by atoms with E-state index in [1.165, 1.54) is 12.1 Å². The summed E-state index contributed by atoms with van der Waals surface area (Å²) in [5.74, 6) is -1.25. The van der Waals surface area contributed by atoms with E-state index in [1.54, 1.807) is 12.1 Å². The fourth-order valence-corrected chi connectivity index (χ4v) is 0.884. The van der Waals surface area contributed by atoms with Gasteiger partial charge in [-0.05, 0) is 6.07 Å². The quantitative estimate of drug-likeness (QED) is 0.667. The highest BCUT2D eigenvalue weighted by Gasteiger charge is 2.16. The van der Waals surface area contributed by atoms with Crippen molar-refractivity contribution < 1.29 is 15.0 Å². The predicted octanol–water partition coefficient (Wildman–Crippen LogP) is 0.898. The minimum Gasteiger partial charge on any atom is -0.508 e. The van der Waals surface area contributed by atoms with E-state index in [4.69, 9.17) is 10.8 Å². The van der Waals surface area contributed by atoms with Crippen LogP contribution in [0.1, 0.15) is 11.6 Å². The molecule has 5 heteroatoms. The van der Waals surface area contributed by atoms with Crippen LogP contribution in [-0.4, -0.2) is 16.2 Å². The molecule has 0 fully saturated rings. The molecule has 0 amide bonds. The smallest absolute Gasteiger partial charge is 0.325 e. The third-order valence-corrected chi connectivity index (χ3v) is 1.54. The van der Waals surface area contributed by atoms with E-state index in [-0.39, 0.29) is 23.7 Å². The van der Waals surface area contributed by atoms with Crippen molar-refractivity contribution in [2.75, 3.05) is 0 Å². The molecule has 0 saturated carbocycles. The Hall–Kier alpha value is -1.26. The highest BCUT2D eigenvalue weighted by Crippen LogP contribution is 2.21. The summed E-state index contributed by atoms with van der Waals surface area (Å²) >= 11 is 0. The SMILES string of the molecule is Cl.NC(C(=O)O)c1ccccc1O. The first-order chi connectivity index (χ1) is 5.63. The number of rotatable bonds is 2. The second-order valence-corrected chi connectivity index (χ2v) is 2.37. The van der Waals surface area contributed by atoms with Crippen LogP contribution >= 0.6 is 12.4 Å². The maximum absolute atomic E-state index is 10.4. The van der Waals surface area contributed by atoms with Gasteiger partial charge in [-0.15, -0.1) is 12.4 Å². The molecule has 0 aliphatic heterocycles. The van der Waals surface area contributed by atoms with Crippen LogP contribution in [0, 0.1) is 0 Å². The molecule has 1 rings (SSSR count). The summed E-state index contributed by atoms with van der Waals surface area (Å²) in [5.41, 5.74) is 5.51. The minimum atomic E-state index is -1.16. The summed E-state index contributed by atoms with van der Waals surface area (Å²) in [7, 11) is 0. The average Bonchev–Trinajstić information content (AvgIpc) is 2.04. The van der Waals surface area contributed by atoms with Crippen molar-refractivity contribution in [3.05, 3.63) is 29.8 Å². The molecule has 1 aromatic carbocycles. The number of carbonyl (C=O) groups is 1. The van der Waals surface area contributed by atoms with Gasteiger partial charge in [0.05, 0.1) is 0 Å². The van der Waals surface area contributed by atoms with Gasteiger partial charge in [-0.3, -0.25) is 4.79 Å². The van der Waals surface area contributed by atoms with Gasteiger partial charge in [-0.2, -0.15) is 0 Å². The molecule has 0 radical (unpaired) electrons. The van der Waals surface area contributed by atoms with Crippen LogP contribution in [0.3, 0.4) is 0 Å². The van der Waals surface area contributed by atoms with Crippen molar-refractivity contribution in [1.82, 2.24) is 0 Å². The largest absolute Gasteiger partial charge is 0.508 e. The highest BCUT2D eigenvalue weighted by molar-refractivity contribution is 5.85. The van der Waals surface area contributed by atoms with Crippen LogP contribution < -0.4 is 5.73 Å². The van der Waals surface area contributed by atoms with Crippen LogP contribution in [0.5, 0.6) is 5.75 Å². The van der Waals surface area contributed by atoms with E-state index >= 15 is 0 Å². The molecular weight excluding hydrogens is 194 g/mol. The lowest BCUT2D eigenvalue weighted by atomic mass is 10.1. The molecule has 72 valence electrons. The molecule has 1 unspecified atom stereocenters. The number of benzene rings is 1. The number of halogens is 1. The fraction of sp³-hybridized carbons (Fsp3) is 0.125. The van der Waals surface area contributed by atoms with Crippen LogP contribution in [0.4, 0.5) is 0 Å². The summed E-state index contributed by atoms with van der Waals surface area (Å²) in [4.78, 5) is 10.4. The maximum Gasteiger partial charge on any atom is 0.325 e. The maximum atomic E-state index is 10.4. The third kappa shape index (κ3) is 2.61. The first-order valence-electron chi connectivity index (χ1n) is 3.39. The number of hydrogen-bond acceptors (Lipinski definition) is 3. The van der Waals surface area contributed by atoms with Crippen molar-refractivity contribution in [1.29, 1.82) is 0 Å². The molecule has 0 bridgehead atoms. The first kappa shape index (κ1) is 11.7. The normalized spacial score (nSPS) is 11.5. The minimum absolute atomic E-state index is 0. The molecule has 0 spiro atoms. The predicted molar refractivity (Wildman–Crippen MR) is 49.9 cm³/mol. The number of nitrogens with two attached hydrogens (primary N) is 1. The van der Waals surface area contributed by atoms with Gasteiger partial charge in [0.2, 0.25) is 0 Å². The summed E-state index contributed by atoms with van der Waals surface area (Å²) in [6, 6.07) is 4.95. The Kier molecular flexibility index (Phi) is 4.23. The van der Waals surface area contributed by atoms with Crippen LogP contribution in [0.2, 0.25) is 0 Å². The van der Waals surface area contributed by atoms with E-state index in [9.17, 15) is 9.90 Å². The second kappa shape index (κ2) is 4.69. The number of carboxylic acid groups (broad SMARTS) is 1. The summed E-state index contributed by atoms with van der Waals surface area (Å²) < 4.78 is 0. The van der Waals surface area contributed by atoms with E-state index in [1.807, 2.05) is 0 Å². The Labute approximate surface area is 81.4 Å². The average molecular weight is 204 g/mol. The van der Waals surface area contributed by atoms with Gasteiger partial charge in [-0.25, -0.2) is 0 Å². The Balaban J connectivity index is 0.00000144. The summed E-state index contributed by atoms with van der Waals surface area (Å²) in [6.07, 6.45) is 0. The van der Waals surface area contributed by atoms with E-state index in [2.05, 4.69) is 0 Å². The number of aliphatic carboxylic acids is 1. The Morgan fingerprint density at radius 1 is 1.38 bits per heavy atom. The molecular formula is C8H10ClNO3. The van der Waals surface area contributed by atoms with Gasteiger partial charge in [0.1, 0.15) is 11.8 Å². The van der Waals surface area contributed by atoms with Gasteiger partial charge in [-0.1, -0.05) is 18.2 Å². The third-order valence-electron chi connectivity index (χ3n) is 1.54. The fourth-order valence-electron chi connectivity index (χ4n) is 0.884. The molecule has 1 atom stereocenters. The van der Waals surface area contributed by atoms with Crippen molar-refractivity contribution in [2.45, 2.75) is 6.04 Å². The lowest BCUT2D eigenvalue weighted by Gasteiger charge is -2.07. The van der Waals surface area contributed by atoms with Gasteiger partial charge in [0, 0.05) is 5.56 Å². The van der Waals surface area contributed by atoms with E-state index in [0.29, 0.717) is 0 Å². The number of para-hydroxylation sites is 1. The first-order valence-corrected chi connectivity index (χ1v) is 3.39. The second-order valence-electron chi connectivity index (χ2n) is 2.37. The van der Waals surface area contributed by atoms with E-state index < -0.39 is 12.0 Å².